The first-order valence-electron chi connectivity index (χ1n) is 6.89. The second-order valence-electron chi connectivity index (χ2n) is 4.70. The molecule has 0 unspecified atom stereocenters. The summed E-state index contributed by atoms with van der Waals surface area (Å²) in [7, 11) is 0. The lowest BCUT2D eigenvalue weighted by Crippen LogP contribution is -2.27. The fraction of sp³-hybridized carbons (Fsp3) is 0.538. The fourth-order valence-corrected chi connectivity index (χ4v) is 4.33. The van der Waals surface area contributed by atoms with Gasteiger partial charge in [-0.05, 0) is 19.1 Å². The SMILES string of the molecule is CCNC(=O)c1sc(N2CCCSCC2)c(C(N)=O)c1N. The Kier molecular flexibility index (Phi) is 5.35. The molecule has 2 heterocycles. The maximum absolute atomic E-state index is 12.0. The van der Waals surface area contributed by atoms with Crippen molar-refractivity contribution in [2.75, 3.05) is 41.8 Å². The van der Waals surface area contributed by atoms with Crippen LogP contribution in [0.25, 0.3) is 0 Å². The molecule has 1 aromatic heterocycles. The van der Waals surface area contributed by atoms with E-state index in [1.807, 2.05) is 18.7 Å². The van der Waals surface area contributed by atoms with E-state index >= 15 is 0 Å². The van der Waals surface area contributed by atoms with Gasteiger partial charge in [-0.2, -0.15) is 11.8 Å². The van der Waals surface area contributed by atoms with Gasteiger partial charge >= 0.3 is 0 Å². The molecule has 1 fully saturated rings. The summed E-state index contributed by atoms with van der Waals surface area (Å²) in [5.74, 6) is 1.27. The molecule has 0 aliphatic carbocycles. The van der Waals surface area contributed by atoms with Gasteiger partial charge in [-0.15, -0.1) is 11.3 Å². The number of nitrogens with zero attached hydrogens (tertiary/aromatic N) is 1. The minimum atomic E-state index is -0.578. The molecule has 1 aromatic rings. The van der Waals surface area contributed by atoms with E-state index in [0.29, 0.717) is 11.4 Å². The standard InChI is InChI=1S/C13H20N4O2S2/c1-2-16-12(19)10-9(14)8(11(15)18)13(21-10)17-4-3-6-20-7-5-17/h2-7,14H2,1H3,(H2,15,18)(H,16,19). The van der Waals surface area contributed by atoms with Crippen LogP contribution in [0.2, 0.25) is 0 Å². The summed E-state index contributed by atoms with van der Waals surface area (Å²) < 4.78 is 0. The number of carbonyl (C=O) groups excluding carboxylic acids is 2. The Morgan fingerprint density at radius 3 is 2.76 bits per heavy atom. The van der Waals surface area contributed by atoms with Crippen molar-refractivity contribution in [3.05, 3.63) is 10.4 Å². The number of primary amides is 1. The van der Waals surface area contributed by atoms with Crippen LogP contribution in [0.3, 0.4) is 0 Å². The molecule has 0 atom stereocenters. The summed E-state index contributed by atoms with van der Waals surface area (Å²) in [6.07, 6.45) is 1.04. The number of nitrogens with one attached hydrogen (secondary N) is 1. The van der Waals surface area contributed by atoms with Crippen LogP contribution in [0, 0.1) is 0 Å². The topological polar surface area (TPSA) is 101 Å². The molecule has 0 radical (unpaired) electrons. The molecule has 0 saturated carbocycles. The zero-order valence-corrected chi connectivity index (χ0v) is 13.6. The van der Waals surface area contributed by atoms with Crippen LogP contribution in [0.1, 0.15) is 33.4 Å². The van der Waals surface area contributed by atoms with Crippen molar-refractivity contribution in [3.63, 3.8) is 0 Å². The molecule has 116 valence electrons. The summed E-state index contributed by atoms with van der Waals surface area (Å²) >= 11 is 3.15. The molecule has 0 spiro atoms. The van der Waals surface area contributed by atoms with Crippen molar-refractivity contribution < 1.29 is 9.59 Å². The highest BCUT2D eigenvalue weighted by atomic mass is 32.2. The molecule has 1 aliphatic heterocycles. The van der Waals surface area contributed by atoms with Crippen LogP contribution in [-0.4, -0.2) is 43.0 Å². The first-order chi connectivity index (χ1) is 10.1. The Morgan fingerprint density at radius 2 is 2.10 bits per heavy atom. The van der Waals surface area contributed by atoms with Gasteiger partial charge in [-0.25, -0.2) is 0 Å². The van der Waals surface area contributed by atoms with Crippen LogP contribution < -0.4 is 21.7 Å². The number of anilines is 2. The maximum atomic E-state index is 12.0. The van der Waals surface area contributed by atoms with Crippen LogP contribution in [0.4, 0.5) is 10.7 Å². The quantitative estimate of drug-likeness (QED) is 0.769. The molecule has 8 heteroatoms. The van der Waals surface area contributed by atoms with E-state index in [4.69, 9.17) is 11.5 Å². The van der Waals surface area contributed by atoms with E-state index in [1.165, 1.54) is 11.3 Å². The number of thiophene rings is 1. The molecule has 5 N–H and O–H groups in total. The van der Waals surface area contributed by atoms with E-state index in [0.717, 1.165) is 36.0 Å². The van der Waals surface area contributed by atoms with Crippen molar-refractivity contribution in [1.29, 1.82) is 0 Å². The molecule has 21 heavy (non-hydrogen) atoms. The van der Waals surface area contributed by atoms with Crippen LogP contribution in [0.5, 0.6) is 0 Å². The number of amides is 2. The average Bonchev–Trinajstić information content (AvgIpc) is 2.63. The molecule has 2 amide bonds. The van der Waals surface area contributed by atoms with E-state index in [9.17, 15) is 9.59 Å². The van der Waals surface area contributed by atoms with Gasteiger partial charge in [0.1, 0.15) is 9.88 Å². The summed E-state index contributed by atoms with van der Waals surface area (Å²) in [5, 5.41) is 3.44. The molecule has 6 nitrogen and oxygen atoms in total. The van der Waals surface area contributed by atoms with Crippen molar-refractivity contribution in [2.24, 2.45) is 5.73 Å². The minimum absolute atomic E-state index is 0.199. The van der Waals surface area contributed by atoms with E-state index in [2.05, 4.69) is 10.2 Å². The number of hydrogen-bond donors (Lipinski definition) is 3. The third-order valence-electron chi connectivity index (χ3n) is 3.23. The molecular weight excluding hydrogens is 308 g/mol. The van der Waals surface area contributed by atoms with Gasteiger partial charge in [0.25, 0.3) is 11.8 Å². The molecule has 0 bridgehead atoms. The smallest absolute Gasteiger partial charge is 0.263 e. The first-order valence-corrected chi connectivity index (χ1v) is 8.86. The Balaban J connectivity index is 2.41. The van der Waals surface area contributed by atoms with Crippen LogP contribution >= 0.6 is 23.1 Å². The normalized spacial score (nSPS) is 15.6. The average molecular weight is 328 g/mol. The highest BCUT2D eigenvalue weighted by Gasteiger charge is 2.27. The van der Waals surface area contributed by atoms with E-state index in [1.54, 1.807) is 0 Å². The third kappa shape index (κ3) is 3.44. The monoisotopic (exact) mass is 328 g/mol. The second kappa shape index (κ2) is 7.04. The summed E-state index contributed by atoms with van der Waals surface area (Å²) in [6.45, 7) is 4.03. The number of nitrogen functional groups attached to an aromatic ring is 1. The van der Waals surface area contributed by atoms with Crippen LogP contribution in [-0.2, 0) is 0 Å². The largest absolute Gasteiger partial charge is 0.397 e. The zero-order chi connectivity index (χ0) is 15.4. The molecule has 1 saturated heterocycles. The predicted molar refractivity (Wildman–Crippen MR) is 89.4 cm³/mol. The first kappa shape index (κ1) is 16.0. The van der Waals surface area contributed by atoms with Gasteiger partial charge in [0.15, 0.2) is 0 Å². The van der Waals surface area contributed by atoms with Crippen molar-refractivity contribution >= 4 is 45.6 Å². The maximum Gasteiger partial charge on any atom is 0.263 e. The van der Waals surface area contributed by atoms with Crippen molar-refractivity contribution in [3.8, 4) is 0 Å². The summed E-state index contributed by atoms with van der Waals surface area (Å²) in [6, 6.07) is 0. The lowest BCUT2D eigenvalue weighted by molar-refractivity contribution is 0.0960. The molecular formula is C13H20N4O2S2. The summed E-state index contributed by atoms with van der Waals surface area (Å²) in [5.41, 5.74) is 12.0. The van der Waals surface area contributed by atoms with Gasteiger partial charge < -0.3 is 21.7 Å². The second-order valence-corrected chi connectivity index (χ2v) is 6.93. The Hall–Kier alpha value is -1.41. The van der Waals surface area contributed by atoms with Crippen LogP contribution in [0.15, 0.2) is 0 Å². The third-order valence-corrected chi connectivity index (χ3v) is 5.54. The van der Waals surface area contributed by atoms with Crippen molar-refractivity contribution in [2.45, 2.75) is 13.3 Å². The summed E-state index contributed by atoms with van der Waals surface area (Å²) in [4.78, 5) is 26.3. The number of hydrogen-bond acceptors (Lipinski definition) is 6. The Bertz CT molecular complexity index is 537. The number of thioether (sulfide) groups is 1. The van der Waals surface area contributed by atoms with Gasteiger partial charge in [-0.3, -0.25) is 9.59 Å². The highest BCUT2D eigenvalue weighted by molar-refractivity contribution is 7.99. The van der Waals surface area contributed by atoms with E-state index < -0.39 is 5.91 Å². The highest BCUT2D eigenvalue weighted by Crippen LogP contribution is 2.38. The number of carbonyl (C=O) groups is 2. The fourth-order valence-electron chi connectivity index (χ4n) is 2.25. The Labute approximate surface area is 132 Å². The number of rotatable bonds is 4. The molecule has 2 rings (SSSR count). The van der Waals surface area contributed by atoms with Gasteiger partial charge in [0, 0.05) is 25.4 Å². The van der Waals surface area contributed by atoms with E-state index in [-0.39, 0.29) is 17.2 Å². The lowest BCUT2D eigenvalue weighted by Gasteiger charge is -2.21. The Morgan fingerprint density at radius 1 is 1.33 bits per heavy atom. The zero-order valence-electron chi connectivity index (χ0n) is 12.0. The predicted octanol–water partition coefficient (Wildman–Crippen LogP) is 1.12. The number of nitrogens with two attached hydrogens (primary N) is 2. The lowest BCUT2D eigenvalue weighted by atomic mass is 10.2. The van der Waals surface area contributed by atoms with Gasteiger partial charge in [0.2, 0.25) is 0 Å². The molecule has 0 aromatic carbocycles. The van der Waals surface area contributed by atoms with Gasteiger partial charge in [-0.1, -0.05) is 0 Å². The van der Waals surface area contributed by atoms with Gasteiger partial charge in [0.05, 0.1) is 11.3 Å². The van der Waals surface area contributed by atoms with Crippen molar-refractivity contribution in [1.82, 2.24) is 5.32 Å². The molecule has 1 aliphatic rings. The minimum Gasteiger partial charge on any atom is -0.397 e.